The second kappa shape index (κ2) is 8.70. The lowest BCUT2D eigenvalue weighted by Gasteiger charge is -2.31. The number of nitrogens with two attached hydrogens (primary N) is 1. The van der Waals surface area contributed by atoms with Gasteiger partial charge in [-0.05, 0) is 56.4 Å². The summed E-state index contributed by atoms with van der Waals surface area (Å²) >= 11 is 1.57. The molecule has 3 aromatic rings. The molecule has 0 atom stereocenters. The molecule has 0 fully saturated rings. The van der Waals surface area contributed by atoms with E-state index in [1.807, 2.05) is 31.7 Å². The highest BCUT2D eigenvalue weighted by Gasteiger charge is 2.28. The van der Waals surface area contributed by atoms with Crippen molar-refractivity contribution in [3.8, 4) is 11.3 Å². The Morgan fingerprint density at radius 1 is 1.22 bits per heavy atom. The van der Waals surface area contributed by atoms with Crippen LogP contribution in [0, 0.1) is 0 Å². The van der Waals surface area contributed by atoms with Crippen molar-refractivity contribution < 1.29 is 14.3 Å². The molecule has 0 unspecified atom stereocenters. The van der Waals surface area contributed by atoms with Crippen molar-refractivity contribution in [2.75, 3.05) is 6.54 Å². The van der Waals surface area contributed by atoms with Crippen LogP contribution in [0.3, 0.4) is 0 Å². The van der Waals surface area contributed by atoms with Crippen molar-refractivity contribution in [2.24, 2.45) is 5.73 Å². The Hall–Kier alpha value is -3.26. The number of carbonyl (C=O) groups is 2. The van der Waals surface area contributed by atoms with Crippen LogP contribution in [0.2, 0.25) is 0 Å². The predicted molar refractivity (Wildman–Crippen MR) is 123 cm³/mol. The smallest absolute Gasteiger partial charge is 0.410 e. The summed E-state index contributed by atoms with van der Waals surface area (Å²) in [5.41, 5.74) is 12.9. The maximum Gasteiger partial charge on any atom is 0.410 e. The number of pyridine rings is 1. The monoisotopic (exact) mass is 450 g/mol. The zero-order valence-electron chi connectivity index (χ0n) is 18.4. The fourth-order valence-electron chi connectivity index (χ4n) is 3.76. The van der Waals surface area contributed by atoms with Gasteiger partial charge in [-0.1, -0.05) is 24.3 Å². The lowest BCUT2D eigenvalue weighted by Crippen LogP contribution is -2.40. The van der Waals surface area contributed by atoms with Gasteiger partial charge in [0.15, 0.2) is 0 Å². The lowest BCUT2D eigenvalue weighted by molar-refractivity contribution is 0.0220. The molecule has 166 valence electrons. The third-order valence-electron chi connectivity index (χ3n) is 5.26. The number of fused-ring (bicyclic) bond motifs is 1. The van der Waals surface area contributed by atoms with Crippen molar-refractivity contribution in [1.82, 2.24) is 14.9 Å². The number of nitrogens with zero attached hydrogens (tertiary/aromatic N) is 3. The molecule has 1 aliphatic rings. The van der Waals surface area contributed by atoms with Crippen molar-refractivity contribution in [3.05, 3.63) is 69.3 Å². The van der Waals surface area contributed by atoms with E-state index < -0.39 is 11.5 Å². The van der Waals surface area contributed by atoms with Gasteiger partial charge >= 0.3 is 6.09 Å². The Morgan fingerprint density at radius 2 is 1.97 bits per heavy atom. The summed E-state index contributed by atoms with van der Waals surface area (Å²) in [6.45, 7) is 6.34. The number of primary amides is 1. The number of thiazole rings is 1. The molecule has 2 N–H and O–H groups in total. The van der Waals surface area contributed by atoms with Crippen molar-refractivity contribution >= 4 is 23.3 Å². The van der Waals surface area contributed by atoms with E-state index in [1.54, 1.807) is 22.3 Å². The van der Waals surface area contributed by atoms with Crippen LogP contribution in [-0.2, 0) is 24.1 Å². The van der Waals surface area contributed by atoms with E-state index in [0.29, 0.717) is 31.6 Å². The molecule has 1 aliphatic heterocycles. The van der Waals surface area contributed by atoms with Crippen LogP contribution < -0.4 is 5.73 Å². The first-order valence-electron chi connectivity index (χ1n) is 10.5. The van der Waals surface area contributed by atoms with Crippen LogP contribution in [0.15, 0.2) is 41.2 Å². The maximum absolute atomic E-state index is 12.5. The summed E-state index contributed by atoms with van der Waals surface area (Å²) in [5.74, 6) is -0.581. The first-order valence-corrected chi connectivity index (χ1v) is 11.4. The van der Waals surface area contributed by atoms with Crippen LogP contribution in [0.1, 0.15) is 53.6 Å². The van der Waals surface area contributed by atoms with Gasteiger partial charge in [-0.15, -0.1) is 11.3 Å². The molecular weight excluding hydrogens is 424 g/mol. The van der Waals surface area contributed by atoms with Gasteiger partial charge < -0.3 is 15.4 Å². The van der Waals surface area contributed by atoms with Gasteiger partial charge in [-0.3, -0.25) is 4.79 Å². The molecule has 0 radical (unpaired) electrons. The van der Waals surface area contributed by atoms with Crippen LogP contribution >= 0.6 is 11.3 Å². The quantitative estimate of drug-likeness (QED) is 0.643. The highest BCUT2D eigenvalue weighted by molar-refractivity contribution is 7.07. The molecule has 8 heteroatoms. The number of benzene rings is 1. The number of ether oxygens (including phenoxy) is 1. The molecule has 0 bridgehead atoms. The molecule has 1 aromatic carbocycles. The van der Waals surface area contributed by atoms with Crippen molar-refractivity contribution in [3.63, 3.8) is 0 Å². The summed E-state index contributed by atoms with van der Waals surface area (Å²) in [5, 5.41) is 2.02. The molecule has 0 saturated heterocycles. The van der Waals surface area contributed by atoms with Crippen LogP contribution in [0.5, 0.6) is 0 Å². The Kier molecular flexibility index (Phi) is 5.97. The van der Waals surface area contributed by atoms with Crippen LogP contribution in [-0.4, -0.2) is 39.0 Å². The van der Waals surface area contributed by atoms with E-state index in [0.717, 1.165) is 27.9 Å². The zero-order valence-corrected chi connectivity index (χ0v) is 19.2. The average molecular weight is 451 g/mol. The van der Waals surface area contributed by atoms with Crippen molar-refractivity contribution in [2.45, 2.75) is 45.8 Å². The second-order valence-corrected chi connectivity index (χ2v) is 9.57. The minimum Gasteiger partial charge on any atom is -0.444 e. The Morgan fingerprint density at radius 3 is 2.59 bits per heavy atom. The normalized spacial score (nSPS) is 13.5. The van der Waals surface area contributed by atoms with E-state index in [4.69, 9.17) is 10.5 Å². The van der Waals surface area contributed by atoms with Gasteiger partial charge in [-0.25, -0.2) is 14.8 Å². The number of carbonyl (C=O) groups excluding carboxylic acids is 2. The summed E-state index contributed by atoms with van der Waals surface area (Å²) in [6, 6.07) is 10.0. The summed E-state index contributed by atoms with van der Waals surface area (Å²) in [4.78, 5) is 34.9. The third kappa shape index (κ3) is 4.96. The molecule has 4 rings (SSSR count). The molecule has 32 heavy (non-hydrogen) atoms. The van der Waals surface area contributed by atoms with E-state index in [-0.39, 0.29) is 11.8 Å². The number of amides is 2. The van der Waals surface area contributed by atoms with Crippen molar-refractivity contribution in [1.29, 1.82) is 0 Å². The first-order chi connectivity index (χ1) is 15.2. The van der Waals surface area contributed by atoms with Crippen LogP contribution in [0.4, 0.5) is 4.79 Å². The number of rotatable bonds is 4. The van der Waals surface area contributed by atoms with E-state index >= 15 is 0 Å². The van der Waals surface area contributed by atoms with E-state index in [2.05, 4.69) is 34.2 Å². The highest BCUT2D eigenvalue weighted by atomic mass is 32.1. The standard InChI is InChI=1S/C24H26N4O3S/c1-24(2,3)31-23(30)28-9-8-18-17(11-19(22(25)29)27-20(18)12-28)10-15-4-6-16(7-5-15)21-13-32-14-26-21/h4-7,11,13-14H,8-10,12H2,1-3H3,(H2,25,29). The van der Waals surface area contributed by atoms with Gasteiger partial charge in [0.25, 0.3) is 5.91 Å². The average Bonchev–Trinajstić information content (AvgIpc) is 3.27. The summed E-state index contributed by atoms with van der Waals surface area (Å²) in [7, 11) is 0. The molecule has 7 nitrogen and oxygen atoms in total. The van der Waals surface area contributed by atoms with E-state index in [9.17, 15) is 9.59 Å². The molecule has 0 saturated carbocycles. The highest BCUT2D eigenvalue weighted by Crippen LogP contribution is 2.27. The second-order valence-electron chi connectivity index (χ2n) is 8.86. The third-order valence-corrected chi connectivity index (χ3v) is 5.84. The minimum absolute atomic E-state index is 0.212. The molecule has 0 spiro atoms. The maximum atomic E-state index is 12.5. The SMILES string of the molecule is CC(C)(C)OC(=O)N1CCc2c(Cc3ccc(-c4cscn4)cc3)cc(C(N)=O)nc2C1. The Balaban J connectivity index is 1.60. The van der Waals surface area contributed by atoms with Gasteiger partial charge in [0.2, 0.25) is 0 Å². The molecule has 2 amide bonds. The number of hydrogen-bond acceptors (Lipinski definition) is 6. The number of hydrogen-bond donors (Lipinski definition) is 1. The topological polar surface area (TPSA) is 98.4 Å². The van der Waals surface area contributed by atoms with Gasteiger partial charge in [-0.2, -0.15) is 0 Å². The van der Waals surface area contributed by atoms with Crippen LogP contribution in [0.25, 0.3) is 11.3 Å². The largest absolute Gasteiger partial charge is 0.444 e. The molecule has 2 aromatic heterocycles. The fraction of sp³-hybridized carbons (Fsp3) is 0.333. The lowest BCUT2D eigenvalue weighted by atomic mass is 9.93. The summed E-state index contributed by atoms with van der Waals surface area (Å²) in [6.07, 6.45) is 0.913. The number of aromatic nitrogens is 2. The first kappa shape index (κ1) is 22.0. The van der Waals surface area contributed by atoms with E-state index in [1.165, 1.54) is 0 Å². The molecular formula is C24H26N4O3S. The molecule has 0 aliphatic carbocycles. The fourth-order valence-corrected chi connectivity index (χ4v) is 4.32. The molecule has 3 heterocycles. The van der Waals surface area contributed by atoms with Gasteiger partial charge in [0.1, 0.15) is 11.3 Å². The summed E-state index contributed by atoms with van der Waals surface area (Å²) < 4.78 is 5.50. The van der Waals surface area contributed by atoms with Gasteiger partial charge in [0.05, 0.1) is 23.4 Å². The minimum atomic E-state index is -0.581. The Labute approximate surface area is 191 Å². The predicted octanol–water partition coefficient (Wildman–Crippen LogP) is 4.19. The Bertz CT molecular complexity index is 1140. The van der Waals surface area contributed by atoms with Gasteiger partial charge in [0, 0.05) is 17.5 Å². The zero-order chi connectivity index (χ0) is 22.9.